The molecule has 0 aliphatic rings. The zero-order valence-corrected chi connectivity index (χ0v) is 9.47. The second-order valence-electron chi connectivity index (χ2n) is 4.11. The second kappa shape index (κ2) is 5.51. The molecule has 0 saturated carbocycles. The normalized spacial score (nSPS) is 12.7. The van der Waals surface area contributed by atoms with Crippen molar-refractivity contribution in [3.8, 4) is 5.75 Å². The third kappa shape index (κ3) is 3.55. The molecule has 16 heavy (non-hydrogen) atoms. The molecule has 0 aromatic heterocycles. The van der Waals surface area contributed by atoms with Crippen LogP contribution < -0.4 is 5.32 Å². The van der Waals surface area contributed by atoms with E-state index in [-0.39, 0.29) is 11.7 Å². The first-order valence-electron chi connectivity index (χ1n) is 5.25. The molecule has 0 heterocycles. The van der Waals surface area contributed by atoms with E-state index in [4.69, 9.17) is 5.11 Å². The molecule has 1 unspecified atom stereocenters. The highest BCUT2D eigenvalue weighted by molar-refractivity contribution is 5.73. The summed E-state index contributed by atoms with van der Waals surface area (Å²) in [6.45, 7) is 4.14. The average Bonchev–Trinajstić information content (AvgIpc) is 2.16. The monoisotopic (exact) mass is 223 g/mol. The van der Waals surface area contributed by atoms with E-state index in [1.165, 1.54) is 0 Å². The van der Waals surface area contributed by atoms with E-state index < -0.39 is 12.0 Å². The number of phenols is 1. The molecule has 0 saturated heterocycles. The number of aliphatic carboxylic acids is 1. The van der Waals surface area contributed by atoms with Crippen molar-refractivity contribution in [2.45, 2.75) is 26.4 Å². The van der Waals surface area contributed by atoms with Crippen molar-refractivity contribution >= 4 is 5.97 Å². The number of aromatic hydroxyl groups is 1. The lowest BCUT2D eigenvalue weighted by Gasteiger charge is -2.17. The van der Waals surface area contributed by atoms with E-state index >= 15 is 0 Å². The second-order valence-corrected chi connectivity index (χ2v) is 4.11. The number of rotatable bonds is 5. The molecule has 1 aromatic rings. The van der Waals surface area contributed by atoms with Gasteiger partial charge in [0.25, 0.3) is 0 Å². The van der Waals surface area contributed by atoms with Crippen LogP contribution in [0.1, 0.15) is 19.4 Å². The molecule has 0 aliphatic carbocycles. The van der Waals surface area contributed by atoms with Crippen LogP contribution in [0, 0.1) is 5.92 Å². The Bertz CT molecular complexity index is 363. The summed E-state index contributed by atoms with van der Waals surface area (Å²) in [4.78, 5) is 10.9. The van der Waals surface area contributed by atoms with Crippen LogP contribution in [0.4, 0.5) is 0 Å². The van der Waals surface area contributed by atoms with Gasteiger partial charge in [-0.25, -0.2) is 0 Å². The lowest BCUT2D eigenvalue weighted by Crippen LogP contribution is -2.40. The molecule has 1 rings (SSSR count). The van der Waals surface area contributed by atoms with Crippen molar-refractivity contribution in [3.63, 3.8) is 0 Å². The first-order valence-corrected chi connectivity index (χ1v) is 5.25. The molecule has 4 heteroatoms. The fourth-order valence-electron chi connectivity index (χ4n) is 1.50. The largest absolute Gasteiger partial charge is 0.508 e. The van der Waals surface area contributed by atoms with E-state index in [9.17, 15) is 9.90 Å². The van der Waals surface area contributed by atoms with Gasteiger partial charge in [0, 0.05) is 6.54 Å². The summed E-state index contributed by atoms with van der Waals surface area (Å²) in [6.07, 6.45) is 0. The number of nitrogens with one attached hydrogen (secondary N) is 1. The summed E-state index contributed by atoms with van der Waals surface area (Å²) >= 11 is 0. The van der Waals surface area contributed by atoms with Gasteiger partial charge in [-0.3, -0.25) is 4.79 Å². The average molecular weight is 223 g/mol. The Morgan fingerprint density at radius 2 is 2.12 bits per heavy atom. The van der Waals surface area contributed by atoms with E-state index in [0.29, 0.717) is 6.54 Å². The number of carboxylic acids is 1. The number of hydrogen-bond acceptors (Lipinski definition) is 3. The Morgan fingerprint density at radius 3 is 2.62 bits per heavy atom. The van der Waals surface area contributed by atoms with Crippen LogP contribution in [0.25, 0.3) is 0 Å². The van der Waals surface area contributed by atoms with Gasteiger partial charge < -0.3 is 15.5 Å². The predicted octanol–water partition coefficient (Wildman–Crippen LogP) is 1.59. The molecule has 1 atom stereocenters. The van der Waals surface area contributed by atoms with Gasteiger partial charge in [0.05, 0.1) is 0 Å². The van der Waals surface area contributed by atoms with Crippen LogP contribution in [0.5, 0.6) is 5.75 Å². The first kappa shape index (κ1) is 12.5. The number of benzene rings is 1. The van der Waals surface area contributed by atoms with Gasteiger partial charge in [0.15, 0.2) is 0 Å². The van der Waals surface area contributed by atoms with Crippen LogP contribution in [0.3, 0.4) is 0 Å². The number of phenolic OH excluding ortho intramolecular Hbond substituents is 1. The maximum atomic E-state index is 10.9. The highest BCUT2D eigenvalue weighted by Gasteiger charge is 2.20. The van der Waals surface area contributed by atoms with Crippen molar-refractivity contribution in [2.75, 3.05) is 0 Å². The first-order chi connectivity index (χ1) is 7.50. The zero-order chi connectivity index (χ0) is 12.1. The highest BCUT2D eigenvalue weighted by Crippen LogP contribution is 2.11. The Labute approximate surface area is 94.9 Å². The maximum absolute atomic E-state index is 10.9. The Hall–Kier alpha value is -1.55. The maximum Gasteiger partial charge on any atom is 0.320 e. The third-order valence-corrected chi connectivity index (χ3v) is 2.37. The van der Waals surface area contributed by atoms with Gasteiger partial charge in [-0.15, -0.1) is 0 Å². The van der Waals surface area contributed by atoms with Crippen LogP contribution in [-0.4, -0.2) is 22.2 Å². The van der Waals surface area contributed by atoms with E-state index in [1.54, 1.807) is 18.2 Å². The minimum atomic E-state index is -0.852. The molecule has 0 aliphatic heterocycles. The SMILES string of the molecule is CC(C)C(NCc1cccc(O)c1)C(=O)O. The smallest absolute Gasteiger partial charge is 0.320 e. The van der Waals surface area contributed by atoms with Gasteiger partial charge >= 0.3 is 5.97 Å². The summed E-state index contributed by atoms with van der Waals surface area (Å²) in [6, 6.07) is 6.21. The van der Waals surface area contributed by atoms with Crippen molar-refractivity contribution in [3.05, 3.63) is 29.8 Å². The molecular weight excluding hydrogens is 206 g/mol. The molecule has 0 amide bonds. The molecule has 4 nitrogen and oxygen atoms in total. The number of carboxylic acid groups (broad SMARTS) is 1. The molecule has 0 spiro atoms. The molecular formula is C12H17NO3. The number of carbonyl (C=O) groups is 1. The van der Waals surface area contributed by atoms with E-state index in [0.717, 1.165) is 5.56 Å². The fourth-order valence-corrected chi connectivity index (χ4v) is 1.50. The minimum Gasteiger partial charge on any atom is -0.508 e. The zero-order valence-electron chi connectivity index (χ0n) is 9.47. The van der Waals surface area contributed by atoms with Gasteiger partial charge in [-0.1, -0.05) is 26.0 Å². The molecule has 0 fully saturated rings. The van der Waals surface area contributed by atoms with Gasteiger partial charge in [-0.2, -0.15) is 0 Å². The van der Waals surface area contributed by atoms with Crippen LogP contribution in [-0.2, 0) is 11.3 Å². The van der Waals surface area contributed by atoms with E-state index in [1.807, 2.05) is 19.9 Å². The van der Waals surface area contributed by atoms with Gasteiger partial charge in [0.1, 0.15) is 11.8 Å². The summed E-state index contributed by atoms with van der Waals surface area (Å²) in [5, 5.41) is 21.2. The van der Waals surface area contributed by atoms with Crippen molar-refractivity contribution in [2.24, 2.45) is 5.92 Å². The molecule has 3 N–H and O–H groups in total. The van der Waals surface area contributed by atoms with Crippen LogP contribution in [0.15, 0.2) is 24.3 Å². The molecule has 88 valence electrons. The minimum absolute atomic E-state index is 0.0230. The fraction of sp³-hybridized carbons (Fsp3) is 0.417. The Balaban J connectivity index is 2.59. The molecule has 1 aromatic carbocycles. The summed E-state index contributed by atoms with van der Waals surface area (Å²) in [5.74, 6) is -0.638. The van der Waals surface area contributed by atoms with Crippen molar-refractivity contribution in [1.29, 1.82) is 0 Å². The van der Waals surface area contributed by atoms with Crippen molar-refractivity contribution in [1.82, 2.24) is 5.32 Å². The summed E-state index contributed by atoms with van der Waals surface area (Å²) in [7, 11) is 0. The Kier molecular flexibility index (Phi) is 4.31. The summed E-state index contributed by atoms with van der Waals surface area (Å²) < 4.78 is 0. The lowest BCUT2D eigenvalue weighted by molar-refractivity contribution is -0.140. The number of hydrogen-bond donors (Lipinski definition) is 3. The topological polar surface area (TPSA) is 69.6 Å². The van der Waals surface area contributed by atoms with Crippen LogP contribution >= 0.6 is 0 Å². The highest BCUT2D eigenvalue weighted by atomic mass is 16.4. The molecule has 0 radical (unpaired) electrons. The third-order valence-electron chi connectivity index (χ3n) is 2.37. The van der Waals surface area contributed by atoms with Gasteiger partial charge in [0.2, 0.25) is 0 Å². The van der Waals surface area contributed by atoms with E-state index in [2.05, 4.69) is 5.32 Å². The standard InChI is InChI=1S/C12H17NO3/c1-8(2)11(12(15)16)13-7-9-4-3-5-10(14)6-9/h3-6,8,11,13-14H,7H2,1-2H3,(H,15,16). The van der Waals surface area contributed by atoms with Crippen molar-refractivity contribution < 1.29 is 15.0 Å². The quantitative estimate of drug-likeness (QED) is 0.709. The molecule has 0 bridgehead atoms. The van der Waals surface area contributed by atoms with Gasteiger partial charge in [-0.05, 0) is 23.6 Å². The predicted molar refractivity (Wildman–Crippen MR) is 61.2 cm³/mol. The lowest BCUT2D eigenvalue weighted by atomic mass is 10.0. The van der Waals surface area contributed by atoms with Crippen LogP contribution in [0.2, 0.25) is 0 Å². The Morgan fingerprint density at radius 1 is 1.44 bits per heavy atom. The summed E-state index contributed by atoms with van der Waals surface area (Å²) in [5.41, 5.74) is 0.868.